The fraction of sp³-hybridized carbons (Fsp3) is 0.0435. The highest BCUT2D eigenvalue weighted by molar-refractivity contribution is 14.1. The van der Waals surface area contributed by atoms with E-state index < -0.39 is 0 Å². The molecule has 34 heavy (non-hydrogen) atoms. The van der Waals surface area contributed by atoms with E-state index >= 15 is 0 Å². The monoisotopic (exact) mass is 1680 g/mol. The van der Waals surface area contributed by atoms with Crippen LogP contribution in [0.25, 0.3) is 10.8 Å². The van der Waals surface area contributed by atoms with Gasteiger partial charge in [-0.05, 0) is 228 Å². The molecular formula is C23H9I11+2. The highest BCUT2D eigenvalue weighted by Crippen LogP contribution is 2.33. The molecule has 176 valence electrons. The first-order valence-electron chi connectivity index (χ1n) is 9.18. The second-order valence-corrected chi connectivity index (χ2v) is 22.8. The second kappa shape index (κ2) is 14.1. The van der Waals surface area contributed by atoms with Gasteiger partial charge in [-0.15, -0.1) is 0 Å². The average molecular weight is 1680 g/mol. The number of rotatable bonds is 4. The molecule has 0 aromatic heterocycles. The molecule has 4 rings (SSSR count). The molecule has 0 heterocycles. The van der Waals surface area contributed by atoms with Gasteiger partial charge < -0.3 is 0 Å². The van der Waals surface area contributed by atoms with Gasteiger partial charge in [-0.3, -0.25) is 0 Å². The van der Waals surface area contributed by atoms with Crippen molar-refractivity contribution in [2.75, 3.05) is 0 Å². The molecule has 0 spiro atoms. The van der Waals surface area contributed by atoms with Crippen molar-refractivity contribution in [3.63, 3.8) is 0 Å². The van der Waals surface area contributed by atoms with Crippen LogP contribution in [0.1, 0.15) is 5.56 Å². The normalized spacial score (nSPS) is 11.5. The molecule has 0 saturated carbocycles. The molecule has 0 aliphatic rings. The van der Waals surface area contributed by atoms with Gasteiger partial charge in [0.15, 0.2) is 0 Å². The molecule has 0 nitrogen and oxygen atoms in total. The predicted octanol–water partition coefficient (Wildman–Crippen LogP) is 4.85. The molecule has 0 saturated heterocycles. The molecule has 0 atom stereocenters. The minimum Gasteiger partial charge on any atom is -0.0471 e. The Bertz CT molecular complexity index is 1460. The summed E-state index contributed by atoms with van der Waals surface area (Å²) in [5, 5.41) is 2.84. The van der Waals surface area contributed by atoms with Gasteiger partial charge in [-0.2, -0.15) is 0 Å². The summed E-state index contributed by atoms with van der Waals surface area (Å²) in [4.78, 5) is 0. The highest BCUT2D eigenvalue weighted by atomic mass is 127. The largest absolute Gasteiger partial charge is 0.360 e. The van der Waals surface area contributed by atoms with Gasteiger partial charge in [-0.1, -0.05) is 0 Å². The smallest absolute Gasteiger partial charge is 0.0471 e. The third-order valence-corrected chi connectivity index (χ3v) is 24.8. The quantitative estimate of drug-likeness (QED) is 0.203. The van der Waals surface area contributed by atoms with E-state index in [1.807, 2.05) is 0 Å². The first-order chi connectivity index (χ1) is 16.0. The van der Waals surface area contributed by atoms with Gasteiger partial charge >= 0.3 is 42.4 Å². The van der Waals surface area contributed by atoms with Crippen LogP contribution in [0.15, 0.2) is 36.4 Å². The Morgan fingerprint density at radius 2 is 1.00 bits per heavy atom. The maximum absolute atomic E-state index is 2.61. The Morgan fingerprint density at radius 1 is 0.471 bits per heavy atom. The minimum absolute atomic E-state index is 0.215. The van der Waals surface area contributed by atoms with Crippen LogP contribution in [0.5, 0.6) is 0 Å². The van der Waals surface area contributed by atoms with Crippen LogP contribution in [0.4, 0.5) is 0 Å². The Balaban J connectivity index is 1.77. The Kier molecular flexibility index (Phi) is 13.3. The van der Waals surface area contributed by atoms with Crippen molar-refractivity contribution < 1.29 is 42.4 Å². The lowest BCUT2D eigenvalue weighted by atomic mass is 10.1. The van der Waals surface area contributed by atoms with Gasteiger partial charge in [0.05, 0.1) is 14.3 Å². The number of halogens is 11. The van der Waals surface area contributed by atoms with Gasteiger partial charge in [0, 0.05) is 52.4 Å². The summed E-state index contributed by atoms with van der Waals surface area (Å²) in [6, 6.07) is 14.2. The maximum Gasteiger partial charge on any atom is 0.360 e. The summed E-state index contributed by atoms with van der Waals surface area (Å²) in [5.41, 5.74) is 1.49. The van der Waals surface area contributed by atoms with Crippen molar-refractivity contribution >= 4 is 214 Å². The second-order valence-electron chi connectivity index (χ2n) is 6.90. The van der Waals surface area contributed by atoms with Gasteiger partial charge in [0.2, 0.25) is 14.3 Å². The van der Waals surface area contributed by atoms with Crippen LogP contribution < -0.4 is 42.4 Å². The Morgan fingerprint density at radius 3 is 1.68 bits per heavy atom. The molecule has 11 heteroatoms. The lowest BCUT2D eigenvalue weighted by molar-refractivity contribution is -0.606. The lowest BCUT2D eigenvalue weighted by Crippen LogP contribution is -3.62. The molecule has 0 aliphatic carbocycles. The fourth-order valence-corrected chi connectivity index (χ4v) is 20.6. The number of fused-ring (bicyclic) bond motifs is 1. The molecule has 4 aromatic rings. The van der Waals surface area contributed by atoms with E-state index in [0.717, 1.165) is 0 Å². The standard InChI is InChI=1S/C23H9I11/c1-8-21(31)17(33-16-5-12(27)11(26)4-13(16)28)7-15(30)23(8)34-18-6-14(29)19-9(24)2-3-10(25)20(19)22(18)32/h2-7H,1H3/q+2. The van der Waals surface area contributed by atoms with Crippen molar-refractivity contribution in [2.24, 2.45) is 0 Å². The first-order valence-corrected chi connectivity index (χ1v) is 23.2. The van der Waals surface area contributed by atoms with Crippen molar-refractivity contribution in [2.45, 2.75) is 6.92 Å². The zero-order valence-electron chi connectivity index (χ0n) is 16.6. The summed E-state index contributed by atoms with van der Waals surface area (Å²) in [5.74, 6) is 0. The van der Waals surface area contributed by atoms with Crippen molar-refractivity contribution in [1.82, 2.24) is 0 Å². The van der Waals surface area contributed by atoms with Gasteiger partial charge in [-0.25, -0.2) is 0 Å². The van der Waals surface area contributed by atoms with Crippen LogP contribution in [0, 0.1) is 53.3 Å². The van der Waals surface area contributed by atoms with Crippen molar-refractivity contribution in [1.29, 1.82) is 0 Å². The molecule has 0 N–H and O–H groups in total. The number of hydrogen-bond donors (Lipinski definition) is 0. The van der Waals surface area contributed by atoms with E-state index in [2.05, 4.69) is 247 Å². The topological polar surface area (TPSA) is 0 Å². The van der Waals surface area contributed by atoms with Gasteiger partial charge in [0.25, 0.3) is 0 Å². The summed E-state index contributed by atoms with van der Waals surface area (Å²) < 4.78 is 18.7. The molecular weight excluding hydrogens is 1670 g/mol. The summed E-state index contributed by atoms with van der Waals surface area (Å²) in [6.45, 7) is 2.35. The van der Waals surface area contributed by atoms with Crippen molar-refractivity contribution in [3.8, 4) is 0 Å². The fourth-order valence-electron chi connectivity index (χ4n) is 3.09. The van der Waals surface area contributed by atoms with E-state index in [1.165, 1.54) is 55.6 Å². The Labute approximate surface area is 343 Å². The molecule has 4 aromatic carbocycles. The maximum atomic E-state index is 2.61. The van der Waals surface area contributed by atoms with E-state index in [1.54, 1.807) is 7.14 Å². The molecule has 0 fully saturated rings. The molecule has 0 amide bonds. The number of benzene rings is 4. The highest BCUT2D eigenvalue weighted by Gasteiger charge is 2.33. The third kappa shape index (κ3) is 7.20. The average Bonchev–Trinajstić information content (AvgIpc) is 2.77. The first kappa shape index (κ1) is 32.1. The van der Waals surface area contributed by atoms with Crippen molar-refractivity contribution in [3.05, 3.63) is 88.4 Å². The molecule has 0 radical (unpaired) electrons. The third-order valence-electron chi connectivity index (χ3n) is 4.72. The van der Waals surface area contributed by atoms with E-state index in [0.29, 0.717) is 0 Å². The summed E-state index contributed by atoms with van der Waals surface area (Å²) in [6.07, 6.45) is 0. The lowest BCUT2D eigenvalue weighted by Gasteiger charge is -2.09. The van der Waals surface area contributed by atoms with Crippen LogP contribution in [0.2, 0.25) is 0 Å². The van der Waals surface area contributed by atoms with Crippen LogP contribution in [-0.2, 0) is 0 Å². The number of hydrogen-bond acceptors (Lipinski definition) is 0. The molecule has 0 unspecified atom stereocenters. The minimum atomic E-state index is -0.279. The Hall–Kier alpha value is 5.17. The van der Waals surface area contributed by atoms with Crippen LogP contribution in [-0.4, -0.2) is 0 Å². The zero-order valence-corrected chi connectivity index (χ0v) is 40.4. The summed E-state index contributed by atoms with van der Waals surface area (Å²) >= 11 is 22.3. The van der Waals surface area contributed by atoms with E-state index in [4.69, 9.17) is 0 Å². The molecule has 0 aliphatic heterocycles. The summed E-state index contributed by atoms with van der Waals surface area (Å²) in [7, 11) is 0. The zero-order chi connectivity index (χ0) is 24.9. The van der Waals surface area contributed by atoms with E-state index in [9.17, 15) is 0 Å². The van der Waals surface area contributed by atoms with E-state index in [-0.39, 0.29) is 42.4 Å². The van der Waals surface area contributed by atoms with Gasteiger partial charge in [0.1, 0.15) is 0 Å². The SMILES string of the molecule is Cc1c(I)c([I+]c2cc(I)c(I)cc2I)cc(I)c1[I+]c1cc(I)c2c(I)ccc(I)c2c1I. The molecule has 0 bridgehead atoms. The van der Waals surface area contributed by atoms with Crippen LogP contribution in [0.3, 0.4) is 0 Å². The predicted molar refractivity (Wildman–Crippen MR) is 211 cm³/mol. The van der Waals surface area contributed by atoms with Crippen LogP contribution >= 0.6 is 203 Å².